The fourth-order valence-corrected chi connectivity index (χ4v) is 2.83. The van der Waals surface area contributed by atoms with Crippen LogP contribution in [0.25, 0.3) is 0 Å². The van der Waals surface area contributed by atoms with Crippen molar-refractivity contribution in [2.24, 2.45) is 0 Å². The maximum atomic E-state index is 13.0. The molecule has 2 aromatic rings. The van der Waals surface area contributed by atoms with E-state index >= 15 is 0 Å². The molecule has 0 aliphatic rings. The molecule has 0 bridgehead atoms. The molecule has 0 aromatic heterocycles. The van der Waals surface area contributed by atoms with Crippen LogP contribution in [-0.2, 0) is 10.0 Å². The third-order valence-corrected chi connectivity index (χ3v) is 4.60. The van der Waals surface area contributed by atoms with Crippen LogP contribution in [0.2, 0.25) is 0 Å². The molecule has 0 saturated heterocycles. The molecule has 1 N–H and O–H groups in total. The van der Waals surface area contributed by atoms with E-state index in [1.165, 1.54) is 24.3 Å². The van der Waals surface area contributed by atoms with Crippen molar-refractivity contribution in [3.63, 3.8) is 0 Å². The normalized spacial score (nSPS) is 13.4. The topological polar surface area (TPSA) is 55.4 Å². The third-order valence-electron chi connectivity index (χ3n) is 2.95. The van der Waals surface area contributed by atoms with Gasteiger partial charge in [-0.3, -0.25) is 4.72 Å². The Morgan fingerprint density at radius 3 is 2.12 bits per heavy atom. The number of aryl methyl sites for hydroxylation is 1. The fraction of sp³-hybridized carbons (Fsp3) is 0.200. The number of nitrogens with one attached hydrogen (secondary N) is 1. The molecule has 0 aliphatic carbocycles. The van der Waals surface area contributed by atoms with Crippen molar-refractivity contribution in [2.75, 3.05) is 4.72 Å². The van der Waals surface area contributed by atoms with Crippen LogP contribution in [0.3, 0.4) is 0 Å². The molecule has 0 fully saturated rings. The number of hydrogen-bond acceptors (Lipinski definition) is 3. The molecule has 0 radical (unpaired) electrons. The van der Waals surface area contributed by atoms with Crippen LogP contribution in [0.1, 0.15) is 5.56 Å². The summed E-state index contributed by atoms with van der Waals surface area (Å²) in [6, 6.07) is 10.7. The first-order valence-corrected chi connectivity index (χ1v) is 8.57. The van der Waals surface area contributed by atoms with Gasteiger partial charge < -0.3 is 4.74 Å². The van der Waals surface area contributed by atoms with Crippen molar-refractivity contribution in [3.05, 3.63) is 54.1 Å². The highest BCUT2D eigenvalue weighted by molar-refractivity contribution is 7.92. The largest absolute Gasteiger partial charge is 0.444 e. The van der Waals surface area contributed by atoms with Crippen molar-refractivity contribution in [1.82, 2.24) is 0 Å². The van der Waals surface area contributed by atoms with Crippen molar-refractivity contribution >= 4 is 27.3 Å². The van der Waals surface area contributed by atoms with Crippen LogP contribution in [0.4, 0.5) is 18.9 Å². The Balaban J connectivity index is 2.12. The lowest BCUT2D eigenvalue weighted by molar-refractivity contribution is -0.199. The molecule has 0 aliphatic heterocycles. The smallest absolute Gasteiger partial charge is 0.429 e. The lowest BCUT2D eigenvalue weighted by atomic mass is 10.2. The van der Waals surface area contributed by atoms with Crippen LogP contribution in [0.5, 0.6) is 5.75 Å². The Bertz CT molecular complexity index is 794. The lowest BCUT2D eigenvalue weighted by Gasteiger charge is -2.17. The van der Waals surface area contributed by atoms with E-state index in [1.54, 1.807) is 12.1 Å². The standard InChI is InChI=1S/C15H13ClF3NO3S/c1-10-2-8-13(9-3-10)24(21,22)20-11-4-6-12(7-5-11)23-15(18,19)14(16)17/h2-9,14,20H,1H3. The maximum absolute atomic E-state index is 13.0. The SMILES string of the molecule is Cc1ccc(S(=O)(=O)Nc2ccc(OC(F)(F)C(F)Cl)cc2)cc1. The van der Waals surface area contributed by atoms with Crippen LogP contribution in [0.15, 0.2) is 53.4 Å². The Hall–Kier alpha value is -1.93. The summed E-state index contributed by atoms with van der Waals surface area (Å²) in [5, 5.41) is 0. The molecule has 1 unspecified atom stereocenters. The second kappa shape index (κ2) is 6.90. The van der Waals surface area contributed by atoms with Crippen LogP contribution in [-0.4, -0.2) is 20.2 Å². The molecule has 0 spiro atoms. The second-order valence-corrected chi connectivity index (χ2v) is 6.97. The van der Waals surface area contributed by atoms with E-state index in [9.17, 15) is 21.6 Å². The molecule has 24 heavy (non-hydrogen) atoms. The summed E-state index contributed by atoms with van der Waals surface area (Å²) in [6.45, 7) is 1.82. The van der Waals surface area contributed by atoms with E-state index in [4.69, 9.17) is 0 Å². The Morgan fingerprint density at radius 1 is 1.08 bits per heavy atom. The number of hydrogen-bond donors (Lipinski definition) is 1. The first-order valence-electron chi connectivity index (χ1n) is 6.65. The molecular weight excluding hydrogens is 367 g/mol. The monoisotopic (exact) mass is 379 g/mol. The molecule has 1 atom stereocenters. The van der Waals surface area contributed by atoms with E-state index in [2.05, 4.69) is 21.1 Å². The maximum Gasteiger partial charge on any atom is 0.444 e. The average molecular weight is 380 g/mol. The Kier molecular flexibility index (Phi) is 5.29. The van der Waals surface area contributed by atoms with Gasteiger partial charge in [-0.15, -0.1) is 0 Å². The first kappa shape index (κ1) is 18.4. The summed E-state index contributed by atoms with van der Waals surface area (Å²) in [4.78, 5) is 0.0578. The van der Waals surface area contributed by atoms with E-state index in [1.807, 2.05) is 6.92 Å². The third kappa shape index (κ3) is 4.55. The quantitative estimate of drug-likeness (QED) is 0.761. The molecular formula is C15H13ClF3NO3S. The second-order valence-electron chi connectivity index (χ2n) is 4.91. The van der Waals surface area contributed by atoms with Gasteiger partial charge in [-0.2, -0.15) is 8.78 Å². The molecule has 0 heterocycles. The van der Waals surface area contributed by atoms with Gasteiger partial charge in [0.15, 0.2) is 0 Å². The molecule has 2 rings (SSSR count). The number of sulfonamides is 1. The van der Waals surface area contributed by atoms with Crippen LogP contribution < -0.4 is 9.46 Å². The van der Waals surface area contributed by atoms with Crippen molar-refractivity contribution in [2.45, 2.75) is 23.6 Å². The molecule has 0 saturated carbocycles. The summed E-state index contributed by atoms with van der Waals surface area (Å²) in [5.74, 6) is -0.360. The van der Waals surface area contributed by atoms with Crippen LogP contribution in [0, 0.1) is 6.92 Å². The van der Waals surface area contributed by atoms with E-state index < -0.39 is 21.8 Å². The van der Waals surface area contributed by atoms with Gasteiger partial charge in [-0.25, -0.2) is 12.8 Å². The number of alkyl halides is 4. The minimum absolute atomic E-state index is 0.0578. The molecule has 4 nitrogen and oxygen atoms in total. The zero-order chi connectivity index (χ0) is 18.0. The fourth-order valence-electron chi connectivity index (χ4n) is 1.72. The van der Waals surface area contributed by atoms with Crippen LogP contribution >= 0.6 is 11.6 Å². The predicted molar refractivity (Wildman–Crippen MR) is 84.8 cm³/mol. The van der Waals surface area contributed by atoms with Gasteiger partial charge >= 0.3 is 6.11 Å². The molecule has 2 aromatic carbocycles. The van der Waals surface area contributed by atoms with Crippen molar-refractivity contribution < 1.29 is 26.3 Å². The van der Waals surface area contributed by atoms with Crippen molar-refractivity contribution in [3.8, 4) is 5.75 Å². The zero-order valence-corrected chi connectivity index (χ0v) is 13.9. The van der Waals surface area contributed by atoms with Gasteiger partial charge in [-0.1, -0.05) is 29.3 Å². The van der Waals surface area contributed by atoms with Crippen molar-refractivity contribution in [1.29, 1.82) is 0 Å². The molecule has 9 heteroatoms. The van der Waals surface area contributed by atoms with Gasteiger partial charge in [0, 0.05) is 5.69 Å². The number of benzene rings is 2. The van der Waals surface area contributed by atoms with Gasteiger partial charge in [0.1, 0.15) is 5.75 Å². The zero-order valence-electron chi connectivity index (χ0n) is 12.3. The minimum atomic E-state index is -4.19. The summed E-state index contributed by atoms with van der Waals surface area (Å²) >= 11 is 4.68. The number of halogens is 4. The van der Waals surface area contributed by atoms with E-state index in [-0.39, 0.29) is 16.3 Å². The van der Waals surface area contributed by atoms with Gasteiger partial charge in [0.05, 0.1) is 4.90 Å². The van der Waals surface area contributed by atoms with E-state index in [0.717, 1.165) is 17.7 Å². The van der Waals surface area contributed by atoms with E-state index in [0.29, 0.717) is 0 Å². The predicted octanol–water partition coefficient (Wildman–Crippen LogP) is 4.30. The summed E-state index contributed by atoms with van der Waals surface area (Å²) in [6.07, 6.45) is -4.19. The number of rotatable bonds is 6. The molecule has 130 valence electrons. The number of anilines is 1. The van der Waals surface area contributed by atoms with Gasteiger partial charge in [-0.05, 0) is 43.3 Å². The lowest BCUT2D eigenvalue weighted by Crippen LogP contribution is -2.32. The van der Waals surface area contributed by atoms with Gasteiger partial charge in [0.25, 0.3) is 15.7 Å². The Labute approximate surface area is 142 Å². The van der Waals surface area contributed by atoms with Gasteiger partial charge in [0.2, 0.25) is 0 Å². The highest BCUT2D eigenvalue weighted by Crippen LogP contribution is 2.29. The highest BCUT2D eigenvalue weighted by atomic mass is 35.5. The minimum Gasteiger partial charge on any atom is -0.429 e. The number of ether oxygens (including phenoxy) is 1. The average Bonchev–Trinajstić information content (AvgIpc) is 2.49. The summed E-state index contributed by atoms with van der Waals surface area (Å²) in [7, 11) is -3.81. The summed E-state index contributed by atoms with van der Waals surface area (Å²) in [5.41, 5.74) is -1.96. The first-order chi connectivity index (χ1) is 11.1. The highest BCUT2D eigenvalue weighted by Gasteiger charge is 2.42. The summed E-state index contributed by atoms with van der Waals surface area (Å²) < 4.78 is 69.3. The molecule has 0 amide bonds. The Morgan fingerprint density at radius 2 is 1.62 bits per heavy atom.